The summed E-state index contributed by atoms with van der Waals surface area (Å²) in [4.78, 5) is 14.8. The SMILES string of the molecule is CCCCC(CC(C)O)(CC(C)O)C(=O)N(CC(C)O)CC(C)O. The van der Waals surface area contributed by atoms with Crippen molar-refractivity contribution in [2.75, 3.05) is 13.1 Å². The van der Waals surface area contributed by atoms with E-state index in [0.717, 1.165) is 12.8 Å². The van der Waals surface area contributed by atoms with Gasteiger partial charge in [0.1, 0.15) is 0 Å². The average molecular weight is 347 g/mol. The van der Waals surface area contributed by atoms with Crippen LogP contribution in [0.1, 0.15) is 66.7 Å². The molecule has 0 spiro atoms. The highest BCUT2D eigenvalue weighted by atomic mass is 16.3. The molecule has 0 aliphatic rings. The molecule has 6 heteroatoms. The van der Waals surface area contributed by atoms with E-state index < -0.39 is 29.8 Å². The van der Waals surface area contributed by atoms with Crippen LogP contribution in [0.25, 0.3) is 0 Å². The van der Waals surface area contributed by atoms with Gasteiger partial charge in [0, 0.05) is 13.1 Å². The van der Waals surface area contributed by atoms with Crippen molar-refractivity contribution in [1.29, 1.82) is 0 Å². The maximum atomic E-state index is 13.3. The first-order chi connectivity index (χ1) is 11.0. The third-order valence-electron chi connectivity index (χ3n) is 4.09. The molecule has 0 bridgehead atoms. The summed E-state index contributed by atoms with van der Waals surface area (Å²) >= 11 is 0. The van der Waals surface area contributed by atoms with Crippen LogP contribution in [-0.2, 0) is 4.79 Å². The van der Waals surface area contributed by atoms with Crippen molar-refractivity contribution in [2.24, 2.45) is 5.41 Å². The number of carbonyl (C=O) groups is 1. The van der Waals surface area contributed by atoms with Crippen LogP contribution in [0.5, 0.6) is 0 Å². The fourth-order valence-electron chi connectivity index (χ4n) is 3.43. The Morgan fingerprint density at radius 3 is 1.58 bits per heavy atom. The summed E-state index contributed by atoms with van der Waals surface area (Å²) in [5.74, 6) is -0.209. The molecule has 144 valence electrons. The molecule has 0 heterocycles. The highest BCUT2D eigenvalue weighted by Crippen LogP contribution is 2.38. The highest BCUT2D eigenvalue weighted by Gasteiger charge is 2.42. The molecule has 0 saturated carbocycles. The van der Waals surface area contributed by atoms with E-state index in [4.69, 9.17) is 0 Å². The summed E-state index contributed by atoms with van der Waals surface area (Å²) < 4.78 is 0. The molecule has 0 aromatic heterocycles. The van der Waals surface area contributed by atoms with E-state index in [-0.39, 0.29) is 31.8 Å². The fraction of sp³-hybridized carbons (Fsp3) is 0.944. The van der Waals surface area contributed by atoms with Gasteiger partial charge in [0.15, 0.2) is 0 Å². The Morgan fingerprint density at radius 2 is 1.29 bits per heavy atom. The van der Waals surface area contributed by atoms with Crippen LogP contribution in [-0.4, -0.2) is 68.7 Å². The van der Waals surface area contributed by atoms with Crippen molar-refractivity contribution in [3.05, 3.63) is 0 Å². The summed E-state index contributed by atoms with van der Waals surface area (Å²) in [6.07, 6.45) is 0.0102. The van der Waals surface area contributed by atoms with Crippen molar-refractivity contribution in [2.45, 2.75) is 91.1 Å². The van der Waals surface area contributed by atoms with Crippen LogP contribution in [0.15, 0.2) is 0 Å². The number of hydrogen-bond donors (Lipinski definition) is 4. The first-order valence-electron chi connectivity index (χ1n) is 9.05. The lowest BCUT2D eigenvalue weighted by molar-refractivity contribution is -0.150. The maximum Gasteiger partial charge on any atom is 0.229 e. The van der Waals surface area contributed by atoms with Gasteiger partial charge in [-0.25, -0.2) is 0 Å². The lowest BCUT2D eigenvalue weighted by atomic mass is 9.72. The van der Waals surface area contributed by atoms with E-state index in [0.29, 0.717) is 6.42 Å². The Hall–Kier alpha value is -0.690. The monoisotopic (exact) mass is 347 g/mol. The first kappa shape index (κ1) is 23.3. The van der Waals surface area contributed by atoms with Crippen molar-refractivity contribution in [3.8, 4) is 0 Å². The van der Waals surface area contributed by atoms with Crippen molar-refractivity contribution in [1.82, 2.24) is 4.90 Å². The molecule has 0 rings (SSSR count). The smallest absolute Gasteiger partial charge is 0.229 e. The quantitative estimate of drug-likeness (QED) is 0.426. The van der Waals surface area contributed by atoms with Gasteiger partial charge in [-0.2, -0.15) is 0 Å². The number of amides is 1. The van der Waals surface area contributed by atoms with Crippen LogP contribution in [0, 0.1) is 5.41 Å². The number of hydrogen-bond acceptors (Lipinski definition) is 5. The average Bonchev–Trinajstić information content (AvgIpc) is 2.40. The first-order valence-corrected chi connectivity index (χ1v) is 9.05. The molecule has 1 amide bonds. The zero-order valence-electron chi connectivity index (χ0n) is 15.9. The molecule has 0 aliphatic heterocycles. The van der Waals surface area contributed by atoms with Crippen LogP contribution in [0.4, 0.5) is 0 Å². The topological polar surface area (TPSA) is 101 Å². The molecule has 0 saturated heterocycles. The van der Waals surface area contributed by atoms with Crippen molar-refractivity contribution < 1.29 is 25.2 Å². The molecule has 6 nitrogen and oxygen atoms in total. The van der Waals surface area contributed by atoms with Gasteiger partial charge in [-0.05, 0) is 47.0 Å². The van der Waals surface area contributed by atoms with E-state index in [9.17, 15) is 25.2 Å². The van der Waals surface area contributed by atoms with E-state index >= 15 is 0 Å². The van der Waals surface area contributed by atoms with Crippen LogP contribution < -0.4 is 0 Å². The molecule has 0 aromatic carbocycles. The van der Waals surface area contributed by atoms with Gasteiger partial charge in [-0.3, -0.25) is 4.79 Å². The number of unbranched alkanes of at least 4 members (excludes halogenated alkanes) is 1. The second-order valence-electron chi connectivity index (χ2n) is 7.40. The molecule has 0 aliphatic carbocycles. The predicted molar refractivity (Wildman–Crippen MR) is 94.5 cm³/mol. The van der Waals surface area contributed by atoms with Crippen LogP contribution in [0.2, 0.25) is 0 Å². The van der Waals surface area contributed by atoms with Gasteiger partial charge in [0.2, 0.25) is 5.91 Å². The van der Waals surface area contributed by atoms with E-state index in [1.54, 1.807) is 27.7 Å². The normalized spacial score (nSPS) is 19.2. The molecule has 4 unspecified atom stereocenters. The zero-order valence-corrected chi connectivity index (χ0v) is 15.9. The standard InChI is InChI=1S/C18H37NO5/c1-6-7-8-18(9-13(2)20,10-14(3)21)17(24)19(11-15(4)22)12-16(5)23/h13-16,20-23H,6-12H2,1-5H3. The summed E-state index contributed by atoms with van der Waals surface area (Å²) in [5.41, 5.74) is -0.887. The summed E-state index contributed by atoms with van der Waals surface area (Å²) in [5, 5.41) is 39.3. The van der Waals surface area contributed by atoms with Crippen LogP contribution >= 0.6 is 0 Å². The Balaban J connectivity index is 5.68. The minimum Gasteiger partial charge on any atom is -0.393 e. The predicted octanol–water partition coefficient (Wildman–Crippen LogP) is 1.29. The molecule has 0 aromatic rings. The van der Waals surface area contributed by atoms with E-state index in [1.165, 1.54) is 4.90 Å². The van der Waals surface area contributed by atoms with E-state index in [1.807, 2.05) is 6.92 Å². The van der Waals surface area contributed by atoms with Crippen molar-refractivity contribution >= 4 is 5.91 Å². The molecule has 4 N–H and O–H groups in total. The van der Waals surface area contributed by atoms with Gasteiger partial charge in [0.05, 0.1) is 29.8 Å². The Morgan fingerprint density at radius 1 is 0.875 bits per heavy atom. The Bertz CT molecular complexity index is 335. The lowest BCUT2D eigenvalue weighted by Gasteiger charge is -2.40. The number of carbonyl (C=O) groups excluding carboxylic acids is 1. The number of aliphatic hydroxyl groups excluding tert-OH is 4. The molecule has 0 fully saturated rings. The Kier molecular flexibility index (Phi) is 10.7. The minimum absolute atomic E-state index is 0.122. The second kappa shape index (κ2) is 11.0. The second-order valence-corrected chi connectivity index (χ2v) is 7.40. The number of nitrogens with zero attached hydrogens (tertiary/aromatic N) is 1. The summed E-state index contributed by atoms with van der Waals surface area (Å²) in [6, 6.07) is 0. The zero-order chi connectivity index (χ0) is 18.9. The van der Waals surface area contributed by atoms with Crippen LogP contribution in [0.3, 0.4) is 0 Å². The maximum absolute atomic E-state index is 13.3. The van der Waals surface area contributed by atoms with Gasteiger partial charge >= 0.3 is 0 Å². The molecule has 4 atom stereocenters. The van der Waals surface area contributed by atoms with E-state index in [2.05, 4.69) is 0 Å². The third-order valence-corrected chi connectivity index (χ3v) is 4.09. The molecular formula is C18H37NO5. The molecular weight excluding hydrogens is 310 g/mol. The lowest BCUT2D eigenvalue weighted by Crippen LogP contribution is -2.50. The minimum atomic E-state index is -0.887. The van der Waals surface area contributed by atoms with Gasteiger partial charge < -0.3 is 25.3 Å². The summed E-state index contributed by atoms with van der Waals surface area (Å²) in [7, 11) is 0. The largest absolute Gasteiger partial charge is 0.393 e. The van der Waals surface area contributed by atoms with Gasteiger partial charge in [-0.15, -0.1) is 0 Å². The third kappa shape index (κ3) is 8.42. The molecule has 0 radical (unpaired) electrons. The van der Waals surface area contributed by atoms with Gasteiger partial charge in [-0.1, -0.05) is 19.8 Å². The fourth-order valence-corrected chi connectivity index (χ4v) is 3.43. The summed E-state index contributed by atoms with van der Waals surface area (Å²) in [6.45, 7) is 8.75. The number of rotatable bonds is 12. The molecule has 24 heavy (non-hydrogen) atoms. The number of aliphatic hydroxyl groups is 4. The van der Waals surface area contributed by atoms with Gasteiger partial charge in [0.25, 0.3) is 0 Å². The Labute approximate surface area is 146 Å². The van der Waals surface area contributed by atoms with Crippen molar-refractivity contribution in [3.63, 3.8) is 0 Å². The highest BCUT2D eigenvalue weighted by molar-refractivity contribution is 5.83.